The molecule has 0 aliphatic carbocycles. The number of benzene rings is 3. The summed E-state index contributed by atoms with van der Waals surface area (Å²) in [6.07, 6.45) is 3.07. The van der Waals surface area contributed by atoms with Gasteiger partial charge in [0.1, 0.15) is 5.75 Å². The second-order valence-corrected chi connectivity index (χ2v) is 7.56. The molecule has 5 nitrogen and oxygen atoms in total. The maximum Gasteiger partial charge on any atom is 0.294 e. The summed E-state index contributed by atoms with van der Waals surface area (Å²) in [4.78, 5) is 27.8. The summed E-state index contributed by atoms with van der Waals surface area (Å²) >= 11 is 0. The molecule has 1 aliphatic heterocycles. The second kappa shape index (κ2) is 8.94. The lowest BCUT2D eigenvalue weighted by Crippen LogP contribution is -2.30. The predicted octanol–water partition coefficient (Wildman–Crippen LogP) is 5.19. The molecule has 1 heterocycles. The van der Waals surface area contributed by atoms with E-state index in [0.29, 0.717) is 17.0 Å². The molecule has 0 aromatic heterocycles. The third kappa shape index (κ3) is 4.05. The lowest BCUT2D eigenvalue weighted by molar-refractivity contribution is -0.117. The summed E-state index contributed by atoms with van der Waals surface area (Å²) in [5, 5.41) is 10.8. The number of nitrogens with zero attached hydrogens (tertiary/aromatic N) is 1. The molecule has 1 N–H and O–H groups in total. The number of aliphatic hydroxyl groups excluding tert-OH is 1. The van der Waals surface area contributed by atoms with Crippen LogP contribution in [0.15, 0.2) is 96.3 Å². The Morgan fingerprint density at radius 2 is 1.72 bits per heavy atom. The minimum Gasteiger partial charge on any atom is -0.503 e. The average Bonchev–Trinajstić information content (AvgIpc) is 3.09. The van der Waals surface area contributed by atoms with Gasteiger partial charge in [-0.15, -0.1) is 0 Å². The molecule has 0 spiro atoms. The number of aliphatic hydroxyl groups is 1. The van der Waals surface area contributed by atoms with Crippen LogP contribution in [0.25, 0.3) is 6.08 Å². The number of carbonyl (C=O) groups excluding carboxylic acids is 2. The fourth-order valence-electron chi connectivity index (χ4n) is 3.83. The van der Waals surface area contributed by atoms with E-state index in [1.165, 1.54) is 11.0 Å². The molecule has 5 heteroatoms. The lowest BCUT2D eigenvalue weighted by Gasteiger charge is -2.27. The van der Waals surface area contributed by atoms with Crippen LogP contribution in [0, 0.1) is 6.92 Å². The van der Waals surface area contributed by atoms with E-state index in [-0.39, 0.29) is 5.57 Å². The number of hydrogen-bond donors (Lipinski definition) is 1. The highest BCUT2D eigenvalue weighted by molar-refractivity contribution is 6.19. The molecule has 32 heavy (non-hydrogen) atoms. The third-order valence-corrected chi connectivity index (χ3v) is 5.41. The van der Waals surface area contributed by atoms with E-state index >= 15 is 0 Å². The number of ketones is 1. The molecule has 1 aliphatic rings. The summed E-state index contributed by atoms with van der Waals surface area (Å²) in [6, 6.07) is 23.2. The summed E-state index contributed by atoms with van der Waals surface area (Å²) in [5.41, 5.74) is 3.17. The van der Waals surface area contributed by atoms with E-state index in [2.05, 4.69) is 0 Å². The number of hydrogen-bond acceptors (Lipinski definition) is 4. The Morgan fingerprint density at radius 3 is 2.38 bits per heavy atom. The Bertz CT molecular complexity index is 1210. The normalized spacial score (nSPS) is 16.1. The van der Waals surface area contributed by atoms with E-state index in [4.69, 9.17) is 4.74 Å². The largest absolute Gasteiger partial charge is 0.503 e. The van der Waals surface area contributed by atoms with Gasteiger partial charge in [-0.1, -0.05) is 60.7 Å². The van der Waals surface area contributed by atoms with E-state index in [0.717, 1.165) is 11.1 Å². The van der Waals surface area contributed by atoms with E-state index in [1.54, 1.807) is 43.5 Å². The van der Waals surface area contributed by atoms with Crippen molar-refractivity contribution in [3.63, 3.8) is 0 Å². The van der Waals surface area contributed by atoms with Gasteiger partial charge < -0.3 is 9.84 Å². The van der Waals surface area contributed by atoms with Crippen molar-refractivity contribution in [1.82, 2.24) is 0 Å². The summed E-state index contributed by atoms with van der Waals surface area (Å²) in [5.74, 6) is -0.899. The topological polar surface area (TPSA) is 66.8 Å². The van der Waals surface area contributed by atoms with Gasteiger partial charge in [-0.2, -0.15) is 0 Å². The number of allylic oxidation sites excluding steroid dienone is 1. The second-order valence-electron chi connectivity index (χ2n) is 7.56. The number of aryl methyl sites for hydroxylation is 1. The van der Waals surface area contributed by atoms with Gasteiger partial charge in [0, 0.05) is 5.69 Å². The van der Waals surface area contributed by atoms with Crippen LogP contribution in [-0.2, 0) is 9.59 Å². The first-order valence-corrected chi connectivity index (χ1v) is 10.2. The van der Waals surface area contributed by atoms with Crippen molar-refractivity contribution in [2.45, 2.75) is 13.0 Å². The third-order valence-electron chi connectivity index (χ3n) is 5.41. The summed E-state index contributed by atoms with van der Waals surface area (Å²) in [7, 11) is 1.57. The quantitative estimate of drug-likeness (QED) is 0.552. The van der Waals surface area contributed by atoms with E-state index < -0.39 is 23.5 Å². The monoisotopic (exact) mass is 425 g/mol. The van der Waals surface area contributed by atoms with Gasteiger partial charge in [0.2, 0.25) is 0 Å². The molecule has 0 radical (unpaired) electrons. The molecule has 1 atom stereocenters. The standard InChI is InChI=1S/C27H23NO4/c1-18-7-6-10-21(17-18)28-25(20-12-14-22(32-2)15-13-20)24(26(30)27(28)31)23(29)16-11-19-8-4-3-5-9-19/h3-17,25,30H,1-2H3/b16-11+/t25-/m1/s1. The smallest absolute Gasteiger partial charge is 0.294 e. The van der Waals surface area contributed by atoms with Crippen LogP contribution in [-0.4, -0.2) is 23.9 Å². The van der Waals surface area contributed by atoms with Crippen LogP contribution in [0.2, 0.25) is 0 Å². The van der Waals surface area contributed by atoms with E-state index in [9.17, 15) is 14.7 Å². The van der Waals surface area contributed by atoms with Crippen molar-refractivity contribution in [2.24, 2.45) is 0 Å². The molecule has 3 aromatic carbocycles. The number of ether oxygens (including phenoxy) is 1. The minimum atomic E-state index is -0.761. The summed E-state index contributed by atoms with van der Waals surface area (Å²) in [6.45, 7) is 1.92. The van der Waals surface area contributed by atoms with Crippen LogP contribution in [0.1, 0.15) is 22.7 Å². The molecule has 0 saturated carbocycles. The number of anilines is 1. The first-order valence-electron chi connectivity index (χ1n) is 10.2. The molecule has 160 valence electrons. The first-order chi connectivity index (χ1) is 15.5. The van der Waals surface area contributed by atoms with Gasteiger partial charge >= 0.3 is 0 Å². The molecule has 1 amide bonds. The zero-order valence-electron chi connectivity index (χ0n) is 17.9. The van der Waals surface area contributed by atoms with Gasteiger partial charge in [0.05, 0.1) is 18.7 Å². The molecule has 0 bridgehead atoms. The molecular weight excluding hydrogens is 402 g/mol. The number of rotatable bonds is 6. The van der Waals surface area contributed by atoms with Crippen molar-refractivity contribution in [1.29, 1.82) is 0 Å². The fraction of sp³-hybridized carbons (Fsp3) is 0.111. The molecule has 0 fully saturated rings. The van der Waals surface area contributed by atoms with Crippen LogP contribution >= 0.6 is 0 Å². The van der Waals surface area contributed by atoms with Gasteiger partial charge in [-0.05, 0) is 54.0 Å². The Kier molecular flexibility index (Phi) is 5.90. The highest BCUT2D eigenvalue weighted by Gasteiger charge is 2.43. The van der Waals surface area contributed by atoms with Gasteiger partial charge in [-0.3, -0.25) is 14.5 Å². The Morgan fingerprint density at radius 1 is 1.00 bits per heavy atom. The number of methoxy groups -OCH3 is 1. The molecule has 3 aromatic rings. The van der Waals surface area contributed by atoms with E-state index in [1.807, 2.05) is 55.5 Å². The molecule has 0 unspecified atom stereocenters. The maximum atomic E-state index is 13.2. The Hall–Kier alpha value is -4.12. The average molecular weight is 425 g/mol. The van der Waals surface area contributed by atoms with Crippen molar-refractivity contribution < 1.29 is 19.4 Å². The minimum absolute atomic E-state index is 0.0499. The van der Waals surface area contributed by atoms with Crippen molar-refractivity contribution in [3.05, 3.63) is 113 Å². The number of carbonyl (C=O) groups is 2. The Labute approximate surface area is 186 Å². The highest BCUT2D eigenvalue weighted by Crippen LogP contribution is 2.41. The van der Waals surface area contributed by atoms with Crippen LogP contribution in [0.5, 0.6) is 5.75 Å². The fourth-order valence-corrected chi connectivity index (χ4v) is 3.83. The summed E-state index contributed by atoms with van der Waals surface area (Å²) < 4.78 is 5.24. The molecular formula is C27H23NO4. The molecule has 4 rings (SSSR count). The number of amides is 1. The van der Waals surface area contributed by atoms with Crippen LogP contribution in [0.4, 0.5) is 5.69 Å². The predicted molar refractivity (Wildman–Crippen MR) is 125 cm³/mol. The molecule has 0 saturated heterocycles. The van der Waals surface area contributed by atoms with Gasteiger partial charge in [0.25, 0.3) is 5.91 Å². The van der Waals surface area contributed by atoms with Crippen molar-refractivity contribution >= 4 is 23.5 Å². The lowest BCUT2D eigenvalue weighted by atomic mass is 9.95. The maximum absolute atomic E-state index is 13.2. The van der Waals surface area contributed by atoms with Gasteiger partial charge in [-0.25, -0.2) is 0 Å². The first kappa shape index (κ1) is 21.1. The van der Waals surface area contributed by atoms with Crippen molar-refractivity contribution in [2.75, 3.05) is 12.0 Å². The highest BCUT2D eigenvalue weighted by atomic mass is 16.5. The van der Waals surface area contributed by atoms with Crippen LogP contribution < -0.4 is 9.64 Å². The zero-order valence-corrected chi connectivity index (χ0v) is 17.9. The van der Waals surface area contributed by atoms with Crippen molar-refractivity contribution in [3.8, 4) is 5.75 Å². The SMILES string of the molecule is COc1ccc([C@@H]2C(C(=O)/C=C/c3ccccc3)=C(O)C(=O)N2c2cccc(C)c2)cc1. The van der Waals surface area contributed by atoms with Gasteiger partial charge in [0.15, 0.2) is 11.5 Å². The zero-order chi connectivity index (χ0) is 22.7. The van der Waals surface area contributed by atoms with Crippen LogP contribution in [0.3, 0.4) is 0 Å². The Balaban J connectivity index is 1.79.